The number of carbonyl (C=O) groups excluding carboxylic acids is 7. The van der Waals surface area contributed by atoms with Gasteiger partial charge in [0.05, 0.1) is 17.3 Å². The molecule has 1 aliphatic rings. The molecule has 6 amide bonds. The number of Topliss-reactive ketones (excluding diaryl/α,β-unsaturated/α-hetero) is 1. The summed E-state index contributed by atoms with van der Waals surface area (Å²) in [4.78, 5) is 99.5. The maximum Gasteiger partial charge on any atom is 0.243 e. The molecular weight excluding hydrogens is 743 g/mol. The second kappa shape index (κ2) is 25.8. The third-order valence-corrected chi connectivity index (χ3v) is 10.3. The molecule has 1 aliphatic heterocycles. The third-order valence-electron chi connectivity index (χ3n) is 8.31. The highest BCUT2D eigenvalue weighted by Crippen LogP contribution is 2.24. The molecule has 1 heterocycles. The zero-order valence-corrected chi connectivity index (χ0v) is 33.0. The van der Waals surface area contributed by atoms with Crippen molar-refractivity contribution in [2.45, 2.75) is 100 Å². The molecule has 0 radical (unpaired) electrons. The number of unbranched alkanes of at least 4 members (excludes halogenated alkanes) is 1. The monoisotopic (exact) mass is 801 g/mol. The van der Waals surface area contributed by atoms with Crippen LogP contribution in [0.3, 0.4) is 0 Å². The third kappa shape index (κ3) is 18.3. The first-order valence-electron chi connectivity index (χ1n) is 17.7. The summed E-state index contributed by atoms with van der Waals surface area (Å²) < 4.78 is 0. The molecule has 0 aliphatic carbocycles. The molecule has 1 saturated heterocycles. The summed E-state index contributed by atoms with van der Waals surface area (Å²) >= 11 is 2.52. The highest BCUT2D eigenvalue weighted by molar-refractivity contribution is 8.00. The lowest BCUT2D eigenvalue weighted by Gasteiger charge is -2.27. The first-order chi connectivity index (χ1) is 25.5. The van der Waals surface area contributed by atoms with Crippen LogP contribution in [0.25, 0.3) is 0 Å². The van der Waals surface area contributed by atoms with Gasteiger partial charge >= 0.3 is 0 Å². The van der Waals surface area contributed by atoms with Crippen LogP contribution in [0.2, 0.25) is 0 Å². The minimum absolute atomic E-state index is 0.0112. The highest BCUT2D eigenvalue weighted by Gasteiger charge is 2.37. The molecule has 0 saturated carbocycles. The van der Waals surface area contributed by atoms with Crippen molar-refractivity contribution in [3.05, 3.63) is 0 Å². The van der Waals surface area contributed by atoms with Gasteiger partial charge in [-0.05, 0) is 76.8 Å². The van der Waals surface area contributed by atoms with Crippen LogP contribution in [0.15, 0.2) is 9.98 Å². The number of guanidine groups is 2. The number of ketones is 1. The zero-order valence-electron chi connectivity index (χ0n) is 31.3. The minimum Gasteiger partial charge on any atom is -0.370 e. The van der Waals surface area contributed by atoms with E-state index in [0.29, 0.717) is 31.6 Å². The molecule has 0 aromatic carbocycles. The van der Waals surface area contributed by atoms with Crippen LogP contribution in [-0.2, 0) is 33.6 Å². The number of thioether (sulfide) groups is 2. The van der Waals surface area contributed by atoms with Crippen molar-refractivity contribution in [1.29, 1.82) is 0 Å². The van der Waals surface area contributed by atoms with Crippen molar-refractivity contribution in [2.75, 3.05) is 44.4 Å². The Balaban J connectivity index is 3.22. The molecule has 0 bridgehead atoms. The fourth-order valence-electron chi connectivity index (χ4n) is 5.16. The Labute approximate surface area is 324 Å². The Bertz CT molecular complexity index is 1350. The van der Waals surface area contributed by atoms with Gasteiger partial charge in [-0.2, -0.15) is 11.8 Å². The zero-order chi connectivity index (χ0) is 40.8. The highest BCUT2D eigenvalue weighted by atomic mass is 32.2. The molecule has 6 atom stereocenters. The number of hydrogen-bond donors (Lipinski definition) is 10. The second-order valence-corrected chi connectivity index (χ2v) is 15.0. The van der Waals surface area contributed by atoms with E-state index in [9.17, 15) is 33.6 Å². The summed E-state index contributed by atoms with van der Waals surface area (Å²) in [5.74, 6) is -3.45. The number of imide groups is 1. The van der Waals surface area contributed by atoms with Crippen molar-refractivity contribution >= 4 is 76.7 Å². The first-order valence-corrected chi connectivity index (χ1v) is 20.2. The molecule has 0 spiro atoms. The predicted octanol–water partition coefficient (Wildman–Crippen LogP) is -3.68. The Morgan fingerprint density at radius 2 is 1.22 bits per heavy atom. The van der Waals surface area contributed by atoms with E-state index in [4.69, 9.17) is 34.4 Å². The van der Waals surface area contributed by atoms with Gasteiger partial charge in [-0.25, -0.2) is 0 Å². The number of likely N-dealkylation sites (tertiary alicyclic amines) is 1. The standard InChI is InChI=1S/C32H59N13O7S2/c1-18(46)20(8-4-5-12-33)41-29(51)23(11-15-53-3)44-28(50)22(10-7-14-40-32(37)38)43-27(49)21(9-6-13-39-31(35)36)42-26(48)19(34)17-54-24-16-25(47)45(2)30(24)52/h19-24H,4-17,33-34H2,1-3H3,(H,41,51)(H,42,48)(H,43,49)(H,44,50)(H4,35,36,39)(H4,37,38,40). The van der Waals surface area contributed by atoms with Crippen molar-refractivity contribution in [3.63, 3.8) is 0 Å². The quantitative estimate of drug-likeness (QED) is 0.0166. The van der Waals surface area contributed by atoms with Crippen LogP contribution in [0, 0.1) is 0 Å². The van der Waals surface area contributed by atoms with Gasteiger partial charge in [-0.15, -0.1) is 11.8 Å². The second-order valence-electron chi connectivity index (χ2n) is 12.7. The van der Waals surface area contributed by atoms with Crippen LogP contribution < -0.4 is 55.7 Å². The number of aliphatic imine (C=N–C) groups is 2. The number of nitrogens with two attached hydrogens (primary N) is 6. The molecule has 0 aromatic rings. The van der Waals surface area contributed by atoms with Crippen molar-refractivity contribution in [1.82, 2.24) is 26.2 Å². The average molecular weight is 802 g/mol. The van der Waals surface area contributed by atoms with Gasteiger partial charge in [-0.1, -0.05) is 0 Å². The maximum atomic E-state index is 13.8. The Morgan fingerprint density at radius 3 is 1.65 bits per heavy atom. The predicted molar refractivity (Wildman–Crippen MR) is 211 cm³/mol. The summed E-state index contributed by atoms with van der Waals surface area (Å²) in [6.45, 7) is 2.09. The van der Waals surface area contributed by atoms with Crippen LogP contribution in [0.4, 0.5) is 0 Å². The topological polar surface area (TPSA) is 352 Å². The first kappa shape index (κ1) is 47.9. The van der Waals surface area contributed by atoms with E-state index in [0.717, 1.165) is 16.7 Å². The molecular formula is C32H59N13O7S2. The lowest BCUT2D eigenvalue weighted by Crippen LogP contribution is -2.58. The molecule has 306 valence electrons. The van der Waals surface area contributed by atoms with Crippen LogP contribution >= 0.6 is 23.5 Å². The summed E-state index contributed by atoms with van der Waals surface area (Å²) in [5.41, 5.74) is 33.5. The molecule has 54 heavy (non-hydrogen) atoms. The number of carbonyl (C=O) groups is 7. The van der Waals surface area contributed by atoms with E-state index >= 15 is 0 Å². The van der Waals surface area contributed by atoms with E-state index in [2.05, 4.69) is 31.3 Å². The van der Waals surface area contributed by atoms with E-state index in [-0.39, 0.29) is 86.9 Å². The SMILES string of the molecule is CSCCC(NC(=O)C(CCCN=C(N)N)NC(=O)C(CCCN=C(N)N)NC(=O)C(N)CSC1CC(=O)N(C)C1=O)C(=O)NC(CCCCN)C(C)=O. The largest absolute Gasteiger partial charge is 0.370 e. The number of nitrogens with zero attached hydrogens (tertiary/aromatic N) is 3. The summed E-state index contributed by atoms with van der Waals surface area (Å²) in [5, 5.41) is 10.1. The molecule has 0 aromatic heterocycles. The Morgan fingerprint density at radius 1 is 0.759 bits per heavy atom. The van der Waals surface area contributed by atoms with Crippen LogP contribution in [-0.4, -0.2) is 138 Å². The molecule has 1 fully saturated rings. The molecule has 1 rings (SSSR count). The maximum absolute atomic E-state index is 13.8. The Hall–Kier alpha value is -4.15. The van der Waals surface area contributed by atoms with E-state index in [1.54, 1.807) is 0 Å². The van der Waals surface area contributed by atoms with Crippen molar-refractivity contribution in [3.8, 4) is 0 Å². The summed E-state index contributed by atoms with van der Waals surface area (Å²) in [6, 6.07) is -5.35. The van der Waals surface area contributed by atoms with Crippen LogP contribution in [0.1, 0.15) is 64.7 Å². The number of hydrogen-bond acceptors (Lipinski definition) is 13. The fraction of sp³-hybridized carbons (Fsp3) is 0.719. The number of rotatable bonds is 27. The van der Waals surface area contributed by atoms with Crippen molar-refractivity contribution < 1.29 is 33.6 Å². The van der Waals surface area contributed by atoms with Gasteiger partial charge in [-0.3, -0.25) is 48.4 Å². The normalized spacial score (nSPS) is 16.7. The van der Waals surface area contributed by atoms with Gasteiger partial charge in [0.2, 0.25) is 35.4 Å². The van der Waals surface area contributed by atoms with Gasteiger partial charge in [0.15, 0.2) is 17.7 Å². The molecule has 20 nitrogen and oxygen atoms in total. The number of nitrogens with one attached hydrogen (secondary N) is 4. The molecule has 6 unspecified atom stereocenters. The molecule has 16 N–H and O–H groups in total. The fourth-order valence-corrected chi connectivity index (χ4v) is 6.79. The van der Waals surface area contributed by atoms with Gasteiger partial charge in [0.1, 0.15) is 18.1 Å². The lowest BCUT2D eigenvalue weighted by atomic mass is 10.0. The number of amides is 6. The van der Waals surface area contributed by atoms with E-state index in [1.807, 2.05) is 6.26 Å². The van der Waals surface area contributed by atoms with E-state index < -0.39 is 59.1 Å². The van der Waals surface area contributed by atoms with Gasteiger partial charge in [0, 0.05) is 32.3 Å². The van der Waals surface area contributed by atoms with E-state index in [1.165, 1.54) is 25.7 Å². The van der Waals surface area contributed by atoms with Crippen LogP contribution in [0.5, 0.6) is 0 Å². The summed E-state index contributed by atoms with van der Waals surface area (Å²) in [6.07, 6.45) is 4.36. The van der Waals surface area contributed by atoms with Gasteiger partial charge in [0.25, 0.3) is 0 Å². The molecule has 22 heteroatoms. The van der Waals surface area contributed by atoms with Gasteiger partial charge < -0.3 is 55.7 Å². The average Bonchev–Trinajstić information content (AvgIpc) is 3.36. The smallest absolute Gasteiger partial charge is 0.243 e. The minimum atomic E-state index is -1.20. The van der Waals surface area contributed by atoms with Crippen molar-refractivity contribution in [2.24, 2.45) is 44.4 Å². The summed E-state index contributed by atoms with van der Waals surface area (Å²) in [7, 11) is 1.38. The lowest BCUT2D eigenvalue weighted by molar-refractivity contribution is -0.136. The Kier molecular flexibility index (Phi) is 22.9.